The molecule has 3 atom stereocenters. The standard InChI is InChI=1S/C18H26N2O4/c1-17(2,3)24-16(21)20-10-12-6-18(22,7-13(12)11-20)14-5-15(23-4)9-19-8-14/h5,8-9,12-13,22H,6-7,10-11H2,1-4H3/t12-,13+,18?. The Morgan fingerprint density at radius 2 is 1.92 bits per heavy atom. The summed E-state index contributed by atoms with van der Waals surface area (Å²) >= 11 is 0. The van der Waals surface area contributed by atoms with Gasteiger partial charge in [0.1, 0.15) is 11.4 Å². The van der Waals surface area contributed by atoms with Crippen LogP contribution in [0.15, 0.2) is 18.5 Å². The fourth-order valence-corrected chi connectivity index (χ4v) is 3.85. The number of carbonyl (C=O) groups is 1. The molecule has 0 bridgehead atoms. The van der Waals surface area contributed by atoms with Crippen LogP contribution in [-0.2, 0) is 10.3 Å². The molecule has 3 rings (SSSR count). The van der Waals surface area contributed by atoms with Gasteiger partial charge < -0.3 is 19.5 Å². The number of ether oxygens (including phenoxy) is 2. The Kier molecular flexibility index (Phi) is 4.20. The fourth-order valence-electron chi connectivity index (χ4n) is 3.85. The van der Waals surface area contributed by atoms with E-state index in [0.29, 0.717) is 31.7 Å². The van der Waals surface area contributed by atoms with E-state index in [1.165, 1.54) is 0 Å². The van der Waals surface area contributed by atoms with Crippen LogP contribution in [0, 0.1) is 11.8 Å². The second-order valence-electron chi connectivity index (χ2n) is 7.96. The molecule has 2 fully saturated rings. The highest BCUT2D eigenvalue weighted by Gasteiger charge is 2.50. The van der Waals surface area contributed by atoms with E-state index in [4.69, 9.17) is 9.47 Å². The highest BCUT2D eigenvalue weighted by Crippen LogP contribution is 2.49. The maximum absolute atomic E-state index is 12.2. The Bertz CT molecular complexity index is 612. The molecule has 24 heavy (non-hydrogen) atoms. The zero-order valence-electron chi connectivity index (χ0n) is 14.8. The summed E-state index contributed by atoms with van der Waals surface area (Å²) in [5.74, 6) is 1.22. The lowest BCUT2D eigenvalue weighted by Gasteiger charge is -2.28. The number of nitrogens with zero attached hydrogens (tertiary/aromatic N) is 2. The second-order valence-corrected chi connectivity index (χ2v) is 7.96. The lowest BCUT2D eigenvalue weighted by atomic mass is 9.91. The number of amides is 1. The number of likely N-dealkylation sites (tertiary alicyclic amines) is 1. The molecule has 1 aliphatic carbocycles. The molecule has 1 N–H and O–H groups in total. The molecule has 1 unspecified atom stereocenters. The molecular formula is C18H26N2O4. The van der Waals surface area contributed by atoms with Crippen molar-refractivity contribution in [1.82, 2.24) is 9.88 Å². The normalized spacial score (nSPS) is 29.5. The molecule has 2 aliphatic rings. The summed E-state index contributed by atoms with van der Waals surface area (Å²) in [5.41, 5.74) is -0.585. The Morgan fingerprint density at radius 1 is 1.29 bits per heavy atom. The topological polar surface area (TPSA) is 71.9 Å². The van der Waals surface area contributed by atoms with Crippen molar-refractivity contribution in [2.45, 2.75) is 44.8 Å². The molecule has 0 spiro atoms. The first-order valence-corrected chi connectivity index (χ1v) is 8.40. The van der Waals surface area contributed by atoms with E-state index in [0.717, 1.165) is 5.56 Å². The molecule has 1 aromatic heterocycles. The van der Waals surface area contributed by atoms with E-state index < -0.39 is 11.2 Å². The van der Waals surface area contributed by atoms with Gasteiger partial charge in [-0.25, -0.2) is 4.79 Å². The molecule has 1 saturated heterocycles. The molecule has 132 valence electrons. The van der Waals surface area contributed by atoms with Gasteiger partial charge >= 0.3 is 6.09 Å². The first kappa shape index (κ1) is 17.0. The van der Waals surface area contributed by atoms with E-state index in [1.807, 2.05) is 26.8 Å². The Balaban J connectivity index is 1.67. The quantitative estimate of drug-likeness (QED) is 0.900. The van der Waals surface area contributed by atoms with Gasteiger partial charge in [-0.15, -0.1) is 0 Å². The van der Waals surface area contributed by atoms with Crippen LogP contribution in [-0.4, -0.2) is 46.9 Å². The van der Waals surface area contributed by atoms with Crippen molar-refractivity contribution in [3.8, 4) is 5.75 Å². The number of aliphatic hydroxyl groups is 1. The highest BCUT2D eigenvalue weighted by atomic mass is 16.6. The van der Waals surface area contributed by atoms with Crippen LogP contribution >= 0.6 is 0 Å². The van der Waals surface area contributed by atoms with E-state index in [9.17, 15) is 9.90 Å². The summed E-state index contributed by atoms with van der Waals surface area (Å²) < 4.78 is 10.7. The van der Waals surface area contributed by atoms with Crippen LogP contribution in [0.1, 0.15) is 39.2 Å². The Labute approximate surface area is 142 Å². The van der Waals surface area contributed by atoms with Gasteiger partial charge in [0.25, 0.3) is 0 Å². The summed E-state index contributed by atoms with van der Waals surface area (Å²) in [4.78, 5) is 18.1. The number of rotatable bonds is 2. The first-order chi connectivity index (χ1) is 11.2. The van der Waals surface area contributed by atoms with Crippen molar-refractivity contribution in [3.05, 3.63) is 24.0 Å². The van der Waals surface area contributed by atoms with Crippen molar-refractivity contribution in [2.75, 3.05) is 20.2 Å². The van der Waals surface area contributed by atoms with Gasteiger partial charge in [-0.3, -0.25) is 4.98 Å². The largest absolute Gasteiger partial charge is 0.495 e. The smallest absolute Gasteiger partial charge is 0.410 e. The van der Waals surface area contributed by atoms with Crippen LogP contribution in [0.2, 0.25) is 0 Å². The van der Waals surface area contributed by atoms with Crippen molar-refractivity contribution in [2.24, 2.45) is 11.8 Å². The molecule has 1 saturated carbocycles. The number of hydrogen-bond acceptors (Lipinski definition) is 5. The second kappa shape index (κ2) is 5.92. The van der Waals surface area contributed by atoms with Gasteiger partial charge in [0.05, 0.1) is 18.9 Å². The van der Waals surface area contributed by atoms with Crippen LogP contribution < -0.4 is 4.74 Å². The van der Waals surface area contributed by atoms with Gasteiger partial charge in [0.2, 0.25) is 0 Å². The van der Waals surface area contributed by atoms with Crippen LogP contribution in [0.5, 0.6) is 5.75 Å². The Morgan fingerprint density at radius 3 is 2.46 bits per heavy atom. The number of carbonyl (C=O) groups excluding carboxylic acids is 1. The number of methoxy groups -OCH3 is 1. The van der Waals surface area contributed by atoms with Gasteiger partial charge in [-0.05, 0) is 51.5 Å². The molecular weight excluding hydrogens is 308 g/mol. The number of fused-ring (bicyclic) bond motifs is 1. The number of aromatic nitrogens is 1. The summed E-state index contributed by atoms with van der Waals surface area (Å²) in [6.45, 7) is 6.89. The SMILES string of the molecule is COc1cncc(C2(O)C[C@H]3CN(C(=O)OC(C)(C)C)C[C@H]3C2)c1. The predicted molar refractivity (Wildman–Crippen MR) is 88.7 cm³/mol. The average molecular weight is 334 g/mol. The zero-order valence-corrected chi connectivity index (χ0v) is 14.8. The zero-order chi connectivity index (χ0) is 17.5. The van der Waals surface area contributed by atoms with E-state index >= 15 is 0 Å². The molecule has 0 radical (unpaired) electrons. The first-order valence-electron chi connectivity index (χ1n) is 8.40. The van der Waals surface area contributed by atoms with Crippen LogP contribution in [0.4, 0.5) is 4.79 Å². The highest BCUT2D eigenvalue weighted by molar-refractivity contribution is 5.68. The van der Waals surface area contributed by atoms with Crippen LogP contribution in [0.3, 0.4) is 0 Å². The van der Waals surface area contributed by atoms with E-state index in [2.05, 4.69) is 4.98 Å². The van der Waals surface area contributed by atoms with Crippen molar-refractivity contribution >= 4 is 6.09 Å². The molecule has 1 amide bonds. The fraction of sp³-hybridized carbons (Fsp3) is 0.667. The third kappa shape index (κ3) is 3.34. The number of pyridine rings is 1. The molecule has 2 heterocycles. The van der Waals surface area contributed by atoms with E-state index in [-0.39, 0.29) is 17.9 Å². The summed E-state index contributed by atoms with van der Waals surface area (Å²) in [6, 6.07) is 1.85. The molecule has 1 aliphatic heterocycles. The van der Waals surface area contributed by atoms with Crippen molar-refractivity contribution < 1.29 is 19.4 Å². The minimum absolute atomic E-state index is 0.261. The average Bonchev–Trinajstić information content (AvgIpc) is 3.01. The molecule has 1 aromatic rings. The third-order valence-corrected chi connectivity index (χ3v) is 4.91. The van der Waals surface area contributed by atoms with Gasteiger partial charge in [-0.2, -0.15) is 0 Å². The summed E-state index contributed by atoms with van der Waals surface area (Å²) in [6.07, 6.45) is 4.34. The molecule has 0 aromatic carbocycles. The molecule has 6 heteroatoms. The number of hydrogen-bond donors (Lipinski definition) is 1. The maximum Gasteiger partial charge on any atom is 0.410 e. The summed E-state index contributed by atoms with van der Waals surface area (Å²) in [7, 11) is 1.59. The Hall–Kier alpha value is -1.82. The molecule has 6 nitrogen and oxygen atoms in total. The third-order valence-electron chi connectivity index (χ3n) is 4.91. The van der Waals surface area contributed by atoms with Gasteiger partial charge in [0, 0.05) is 24.8 Å². The van der Waals surface area contributed by atoms with Crippen molar-refractivity contribution in [1.29, 1.82) is 0 Å². The van der Waals surface area contributed by atoms with Crippen LogP contribution in [0.25, 0.3) is 0 Å². The minimum atomic E-state index is -0.892. The van der Waals surface area contributed by atoms with E-state index in [1.54, 1.807) is 24.4 Å². The summed E-state index contributed by atoms with van der Waals surface area (Å²) in [5, 5.41) is 11.1. The monoisotopic (exact) mass is 334 g/mol. The minimum Gasteiger partial charge on any atom is -0.495 e. The van der Waals surface area contributed by atoms with Crippen molar-refractivity contribution in [3.63, 3.8) is 0 Å². The van der Waals surface area contributed by atoms with Gasteiger partial charge in [0.15, 0.2) is 0 Å². The predicted octanol–water partition coefficient (Wildman–Crippen LogP) is 2.55. The lowest BCUT2D eigenvalue weighted by molar-refractivity contribution is 0.0153. The lowest BCUT2D eigenvalue weighted by Crippen LogP contribution is -2.37. The maximum atomic E-state index is 12.2. The van der Waals surface area contributed by atoms with Gasteiger partial charge in [-0.1, -0.05) is 0 Å².